The van der Waals surface area contributed by atoms with E-state index in [1.807, 2.05) is 0 Å². The molecule has 1 aliphatic carbocycles. The summed E-state index contributed by atoms with van der Waals surface area (Å²) in [5.41, 5.74) is 0.255. The van der Waals surface area contributed by atoms with Gasteiger partial charge in [0, 0.05) is 12.2 Å². The first-order valence-corrected chi connectivity index (χ1v) is 6.74. The van der Waals surface area contributed by atoms with E-state index in [9.17, 15) is 14.4 Å². The Balaban J connectivity index is 1.76. The predicted octanol–water partition coefficient (Wildman–Crippen LogP) is -0.326. The molecule has 1 saturated carbocycles. The molecule has 0 aromatic carbocycles. The maximum Gasteiger partial charge on any atom is 0.321 e. The molecule has 0 saturated heterocycles. The molecule has 0 spiro atoms. The van der Waals surface area contributed by atoms with Gasteiger partial charge in [-0.05, 0) is 12.8 Å². The molecule has 114 valence electrons. The SMILES string of the molecule is O=C(O)Cc1cn(CC(=O)NC(=O)NC2CCCC2)nn1. The third-order valence-electron chi connectivity index (χ3n) is 3.17. The van der Waals surface area contributed by atoms with Gasteiger partial charge in [-0.1, -0.05) is 18.1 Å². The second-order valence-corrected chi connectivity index (χ2v) is 4.98. The molecule has 0 radical (unpaired) electrons. The van der Waals surface area contributed by atoms with Crippen LogP contribution in [0.4, 0.5) is 4.79 Å². The van der Waals surface area contributed by atoms with Crippen LogP contribution in [0.1, 0.15) is 31.4 Å². The van der Waals surface area contributed by atoms with Crippen LogP contribution < -0.4 is 10.6 Å². The van der Waals surface area contributed by atoms with Crippen LogP contribution in [-0.2, 0) is 22.6 Å². The highest BCUT2D eigenvalue weighted by molar-refractivity contribution is 5.94. The number of carbonyl (C=O) groups is 3. The maximum absolute atomic E-state index is 11.7. The van der Waals surface area contributed by atoms with E-state index in [1.54, 1.807) is 0 Å². The molecule has 0 aliphatic heterocycles. The summed E-state index contributed by atoms with van der Waals surface area (Å²) in [6, 6.07) is -0.385. The number of aromatic nitrogens is 3. The van der Waals surface area contributed by atoms with Gasteiger partial charge in [-0.15, -0.1) is 5.10 Å². The molecule has 3 amide bonds. The molecule has 0 atom stereocenters. The summed E-state index contributed by atoms with van der Waals surface area (Å²) in [6.07, 6.45) is 5.15. The molecule has 1 aromatic rings. The lowest BCUT2D eigenvalue weighted by molar-refractivity contribution is -0.136. The minimum atomic E-state index is -1.03. The summed E-state index contributed by atoms with van der Waals surface area (Å²) >= 11 is 0. The molecule has 0 bridgehead atoms. The van der Waals surface area contributed by atoms with Crippen LogP contribution in [-0.4, -0.2) is 44.0 Å². The number of carbonyl (C=O) groups excluding carboxylic acids is 2. The van der Waals surface area contributed by atoms with E-state index < -0.39 is 17.9 Å². The molecule has 1 aromatic heterocycles. The number of imide groups is 1. The zero-order valence-electron chi connectivity index (χ0n) is 11.4. The molecule has 9 nitrogen and oxygen atoms in total. The van der Waals surface area contributed by atoms with Crippen molar-refractivity contribution in [3.05, 3.63) is 11.9 Å². The Morgan fingerprint density at radius 3 is 2.71 bits per heavy atom. The molecule has 1 heterocycles. The monoisotopic (exact) mass is 295 g/mol. The summed E-state index contributed by atoms with van der Waals surface area (Å²) in [7, 11) is 0. The van der Waals surface area contributed by atoms with E-state index in [-0.39, 0.29) is 24.7 Å². The first-order chi connectivity index (χ1) is 10.0. The molecule has 9 heteroatoms. The van der Waals surface area contributed by atoms with Crippen molar-refractivity contribution in [1.29, 1.82) is 0 Å². The Labute approximate surface area is 120 Å². The van der Waals surface area contributed by atoms with Crippen LogP contribution in [0.15, 0.2) is 6.20 Å². The number of amides is 3. The van der Waals surface area contributed by atoms with Gasteiger partial charge in [0.05, 0.1) is 12.1 Å². The third kappa shape index (κ3) is 4.86. The van der Waals surface area contributed by atoms with Crippen molar-refractivity contribution in [1.82, 2.24) is 25.6 Å². The van der Waals surface area contributed by atoms with Crippen LogP contribution in [0.5, 0.6) is 0 Å². The van der Waals surface area contributed by atoms with Crippen molar-refractivity contribution in [2.24, 2.45) is 0 Å². The normalized spacial score (nSPS) is 14.9. The van der Waals surface area contributed by atoms with Gasteiger partial charge < -0.3 is 10.4 Å². The van der Waals surface area contributed by atoms with Crippen molar-refractivity contribution in [2.75, 3.05) is 0 Å². The summed E-state index contributed by atoms with van der Waals surface area (Å²) in [5, 5.41) is 20.8. The van der Waals surface area contributed by atoms with Gasteiger partial charge in [-0.2, -0.15) is 0 Å². The number of hydrogen-bond donors (Lipinski definition) is 3. The standard InChI is InChI=1S/C12H17N5O4/c18-10(14-12(21)13-8-3-1-2-4-8)7-17-6-9(15-16-17)5-11(19)20/h6,8H,1-5,7H2,(H,19,20)(H2,13,14,18,21). The Morgan fingerprint density at radius 2 is 2.05 bits per heavy atom. The van der Waals surface area contributed by atoms with Crippen molar-refractivity contribution in [3.63, 3.8) is 0 Å². The average Bonchev–Trinajstić information content (AvgIpc) is 3.00. The molecule has 3 N–H and O–H groups in total. The largest absolute Gasteiger partial charge is 0.481 e. The maximum atomic E-state index is 11.7. The quantitative estimate of drug-likeness (QED) is 0.683. The van der Waals surface area contributed by atoms with Crippen LogP contribution in [0.3, 0.4) is 0 Å². The lowest BCUT2D eigenvalue weighted by Gasteiger charge is -2.11. The summed E-state index contributed by atoms with van der Waals surface area (Å²) in [5.74, 6) is -1.56. The van der Waals surface area contributed by atoms with Crippen LogP contribution in [0.25, 0.3) is 0 Å². The number of carboxylic acids is 1. The van der Waals surface area contributed by atoms with Gasteiger partial charge in [0.15, 0.2) is 0 Å². The van der Waals surface area contributed by atoms with Gasteiger partial charge in [-0.3, -0.25) is 14.9 Å². The zero-order valence-corrected chi connectivity index (χ0v) is 11.4. The van der Waals surface area contributed by atoms with Gasteiger partial charge in [-0.25, -0.2) is 9.48 Å². The number of hydrogen-bond acceptors (Lipinski definition) is 5. The molecule has 21 heavy (non-hydrogen) atoms. The topological polar surface area (TPSA) is 126 Å². The highest BCUT2D eigenvalue weighted by Crippen LogP contribution is 2.17. The van der Waals surface area contributed by atoms with Crippen molar-refractivity contribution < 1.29 is 19.5 Å². The fourth-order valence-corrected chi connectivity index (χ4v) is 2.26. The lowest BCUT2D eigenvalue weighted by Crippen LogP contribution is -2.44. The number of nitrogens with one attached hydrogen (secondary N) is 2. The van der Waals surface area contributed by atoms with Gasteiger partial charge in [0.2, 0.25) is 5.91 Å². The Hall–Kier alpha value is -2.45. The van der Waals surface area contributed by atoms with Gasteiger partial charge in [0.25, 0.3) is 0 Å². The van der Waals surface area contributed by atoms with Crippen LogP contribution >= 0.6 is 0 Å². The van der Waals surface area contributed by atoms with E-state index in [4.69, 9.17) is 5.11 Å². The smallest absolute Gasteiger partial charge is 0.321 e. The highest BCUT2D eigenvalue weighted by atomic mass is 16.4. The minimum absolute atomic E-state index is 0.131. The van der Waals surface area contributed by atoms with Crippen molar-refractivity contribution in [3.8, 4) is 0 Å². The van der Waals surface area contributed by atoms with E-state index in [2.05, 4.69) is 20.9 Å². The molecule has 2 rings (SSSR count). The van der Waals surface area contributed by atoms with Crippen LogP contribution in [0.2, 0.25) is 0 Å². The van der Waals surface area contributed by atoms with Crippen molar-refractivity contribution >= 4 is 17.9 Å². The summed E-state index contributed by atoms with van der Waals surface area (Å²) in [4.78, 5) is 33.7. The number of carboxylic acid groups (broad SMARTS) is 1. The number of aliphatic carboxylic acids is 1. The molecule has 1 fully saturated rings. The van der Waals surface area contributed by atoms with Gasteiger partial charge in [0.1, 0.15) is 6.54 Å². The minimum Gasteiger partial charge on any atom is -0.481 e. The Kier molecular flexibility index (Phi) is 4.85. The lowest BCUT2D eigenvalue weighted by atomic mass is 10.2. The van der Waals surface area contributed by atoms with E-state index >= 15 is 0 Å². The van der Waals surface area contributed by atoms with Crippen LogP contribution in [0, 0.1) is 0 Å². The average molecular weight is 295 g/mol. The predicted molar refractivity (Wildman–Crippen MR) is 70.3 cm³/mol. The summed E-state index contributed by atoms with van der Waals surface area (Å²) < 4.78 is 1.19. The molecular formula is C12H17N5O4. The van der Waals surface area contributed by atoms with Crippen molar-refractivity contribution in [2.45, 2.75) is 44.7 Å². The Morgan fingerprint density at radius 1 is 1.33 bits per heavy atom. The molecule has 0 unspecified atom stereocenters. The first-order valence-electron chi connectivity index (χ1n) is 6.74. The highest BCUT2D eigenvalue weighted by Gasteiger charge is 2.18. The fourth-order valence-electron chi connectivity index (χ4n) is 2.26. The summed E-state index contributed by atoms with van der Waals surface area (Å²) in [6.45, 7) is -0.190. The second kappa shape index (κ2) is 6.82. The van der Waals surface area contributed by atoms with Gasteiger partial charge >= 0.3 is 12.0 Å². The van der Waals surface area contributed by atoms with E-state index in [0.29, 0.717) is 0 Å². The Bertz CT molecular complexity index is 536. The number of urea groups is 1. The molecule has 1 aliphatic rings. The van der Waals surface area contributed by atoms with E-state index in [1.165, 1.54) is 10.9 Å². The fraction of sp³-hybridized carbons (Fsp3) is 0.583. The molecular weight excluding hydrogens is 278 g/mol. The third-order valence-corrected chi connectivity index (χ3v) is 3.17. The number of rotatable bonds is 5. The second-order valence-electron chi connectivity index (χ2n) is 4.98. The zero-order chi connectivity index (χ0) is 15.2. The first kappa shape index (κ1) is 14.9. The number of nitrogens with zero attached hydrogens (tertiary/aromatic N) is 3. The van der Waals surface area contributed by atoms with E-state index in [0.717, 1.165) is 25.7 Å².